The van der Waals surface area contributed by atoms with E-state index in [-0.39, 0.29) is 29.8 Å². The van der Waals surface area contributed by atoms with Gasteiger partial charge in [0, 0.05) is 37.0 Å². The maximum Gasteiger partial charge on any atom is 0.241 e. The molecule has 2 unspecified atom stereocenters. The maximum atomic E-state index is 13.0. The summed E-state index contributed by atoms with van der Waals surface area (Å²) < 4.78 is 11.1. The molecule has 3 N–H and O–H groups in total. The Morgan fingerprint density at radius 2 is 1.84 bits per heavy atom. The molecule has 2 amide bonds. The fourth-order valence-corrected chi connectivity index (χ4v) is 4.44. The smallest absolute Gasteiger partial charge is 0.241 e. The van der Waals surface area contributed by atoms with Crippen LogP contribution in [-0.4, -0.2) is 54.0 Å². The van der Waals surface area contributed by atoms with E-state index in [1.165, 1.54) is 0 Å². The molecule has 2 atom stereocenters. The minimum Gasteiger partial charge on any atom is -0.486 e. The summed E-state index contributed by atoms with van der Waals surface area (Å²) in [5.41, 5.74) is 7.90. The molecular weight excluding hydrogens is 410 g/mol. The van der Waals surface area contributed by atoms with E-state index in [1.54, 1.807) is 12.3 Å². The van der Waals surface area contributed by atoms with E-state index in [0.29, 0.717) is 62.8 Å². The second-order valence-electron chi connectivity index (χ2n) is 8.33. The van der Waals surface area contributed by atoms with E-state index in [4.69, 9.17) is 9.47 Å². The summed E-state index contributed by atoms with van der Waals surface area (Å²) in [6.45, 7) is 2.19. The van der Waals surface area contributed by atoms with Gasteiger partial charge in [0.2, 0.25) is 11.8 Å². The Labute approximate surface area is 186 Å². The zero-order valence-corrected chi connectivity index (χ0v) is 17.8. The number of nitrogens with zero attached hydrogens (tertiary/aromatic N) is 2. The first-order valence-corrected chi connectivity index (χ1v) is 11.1. The number of hydrogen-bond donors (Lipinski definition) is 3. The lowest BCUT2D eigenvalue weighted by Gasteiger charge is -2.33. The summed E-state index contributed by atoms with van der Waals surface area (Å²) in [7, 11) is 0. The number of hydrazine groups is 1. The molecule has 5 rings (SSSR count). The molecular formula is C23H27N5O4. The minimum atomic E-state index is -0.287. The third kappa shape index (κ3) is 4.39. The molecule has 2 fully saturated rings. The minimum absolute atomic E-state index is 0.0134. The van der Waals surface area contributed by atoms with Crippen molar-refractivity contribution in [3.05, 3.63) is 48.3 Å². The molecule has 32 heavy (non-hydrogen) atoms. The van der Waals surface area contributed by atoms with Gasteiger partial charge in [0.15, 0.2) is 11.5 Å². The third-order valence-corrected chi connectivity index (χ3v) is 6.23. The lowest BCUT2D eigenvalue weighted by atomic mass is 9.95. The van der Waals surface area contributed by atoms with Gasteiger partial charge in [-0.05, 0) is 43.5 Å². The molecule has 1 aromatic heterocycles. The Balaban J connectivity index is 1.12. The van der Waals surface area contributed by atoms with Crippen molar-refractivity contribution in [1.29, 1.82) is 0 Å². The number of ether oxygens (including phenoxy) is 2. The number of hydrogen-bond acceptors (Lipinski definition) is 7. The average molecular weight is 438 g/mol. The van der Waals surface area contributed by atoms with E-state index in [0.717, 1.165) is 5.69 Å². The molecule has 3 aliphatic heterocycles. The predicted octanol–water partition coefficient (Wildman–Crippen LogP) is 1.64. The molecule has 0 spiro atoms. The monoisotopic (exact) mass is 437 g/mol. The van der Waals surface area contributed by atoms with Gasteiger partial charge >= 0.3 is 0 Å². The molecule has 2 aromatic rings. The number of piperidine rings is 1. The number of benzene rings is 1. The van der Waals surface area contributed by atoms with Crippen LogP contribution in [0, 0.1) is 5.92 Å². The average Bonchev–Trinajstić information content (AvgIpc) is 3.34. The van der Waals surface area contributed by atoms with Crippen LogP contribution >= 0.6 is 0 Å². The van der Waals surface area contributed by atoms with Crippen LogP contribution < -0.4 is 25.6 Å². The van der Waals surface area contributed by atoms with Gasteiger partial charge in [-0.3, -0.25) is 14.6 Å². The topological polar surface area (TPSA) is 105 Å². The largest absolute Gasteiger partial charge is 0.486 e. The maximum absolute atomic E-state index is 13.0. The highest BCUT2D eigenvalue weighted by Crippen LogP contribution is 2.33. The first-order chi connectivity index (χ1) is 15.7. The van der Waals surface area contributed by atoms with Crippen LogP contribution in [0.2, 0.25) is 0 Å². The Hall–Kier alpha value is -3.17. The highest BCUT2D eigenvalue weighted by molar-refractivity contribution is 5.93. The molecule has 3 aliphatic rings. The summed E-state index contributed by atoms with van der Waals surface area (Å²) in [6.07, 6.45) is 3.70. The Kier molecular flexibility index (Phi) is 5.91. The predicted molar refractivity (Wildman–Crippen MR) is 117 cm³/mol. The number of fused-ring (bicyclic) bond motifs is 1. The number of carbonyl (C=O) groups is 2. The van der Waals surface area contributed by atoms with Crippen LogP contribution in [-0.2, 0) is 9.59 Å². The van der Waals surface area contributed by atoms with Crippen molar-refractivity contribution in [3.63, 3.8) is 0 Å². The number of pyridine rings is 1. The number of likely N-dealkylation sites (tertiary alicyclic amines) is 1. The molecule has 0 aliphatic carbocycles. The zero-order valence-electron chi connectivity index (χ0n) is 17.8. The van der Waals surface area contributed by atoms with Crippen molar-refractivity contribution in [2.45, 2.75) is 31.3 Å². The molecule has 0 saturated carbocycles. The first-order valence-electron chi connectivity index (χ1n) is 11.1. The van der Waals surface area contributed by atoms with Gasteiger partial charge in [-0.2, -0.15) is 0 Å². The molecule has 9 nitrogen and oxygen atoms in total. The lowest BCUT2D eigenvalue weighted by molar-refractivity contribution is -0.136. The van der Waals surface area contributed by atoms with Crippen molar-refractivity contribution < 1.29 is 19.1 Å². The summed E-state index contributed by atoms with van der Waals surface area (Å²) in [6, 6.07) is 10.9. The number of carbonyl (C=O) groups excluding carboxylic acids is 2. The van der Waals surface area contributed by atoms with E-state index in [9.17, 15) is 9.59 Å². The molecule has 9 heteroatoms. The van der Waals surface area contributed by atoms with Gasteiger partial charge in [-0.15, -0.1) is 0 Å². The van der Waals surface area contributed by atoms with Crippen molar-refractivity contribution >= 4 is 17.5 Å². The molecule has 0 bridgehead atoms. The van der Waals surface area contributed by atoms with Crippen molar-refractivity contribution in [1.82, 2.24) is 20.7 Å². The highest BCUT2D eigenvalue weighted by atomic mass is 16.6. The normalized spacial score (nSPS) is 23.1. The molecule has 2 saturated heterocycles. The van der Waals surface area contributed by atoms with Crippen molar-refractivity contribution in [2.24, 2.45) is 5.92 Å². The van der Waals surface area contributed by atoms with Gasteiger partial charge in [-0.25, -0.2) is 10.9 Å². The van der Waals surface area contributed by atoms with Crippen molar-refractivity contribution in [3.8, 4) is 11.5 Å². The Bertz CT molecular complexity index is 978. The Morgan fingerprint density at radius 3 is 2.62 bits per heavy atom. The SMILES string of the molecule is O=C(Nc1ccc2c(c1)OCCO2)C1CCN(C(=O)C2CC(c3ccccn3)NN2)CC1. The zero-order chi connectivity index (χ0) is 21.9. The van der Waals surface area contributed by atoms with Crippen LogP contribution in [0.25, 0.3) is 0 Å². The van der Waals surface area contributed by atoms with E-state index in [2.05, 4.69) is 21.2 Å². The van der Waals surface area contributed by atoms with E-state index >= 15 is 0 Å². The van der Waals surface area contributed by atoms with E-state index in [1.807, 2.05) is 35.2 Å². The molecule has 1 aromatic carbocycles. The molecule has 168 valence electrons. The number of amides is 2. The number of aromatic nitrogens is 1. The van der Waals surface area contributed by atoms with Gasteiger partial charge in [0.1, 0.15) is 19.3 Å². The number of anilines is 1. The fourth-order valence-electron chi connectivity index (χ4n) is 4.44. The van der Waals surface area contributed by atoms with Crippen LogP contribution in [0.1, 0.15) is 31.0 Å². The molecule has 4 heterocycles. The second kappa shape index (κ2) is 9.13. The van der Waals surface area contributed by atoms with E-state index < -0.39 is 0 Å². The summed E-state index contributed by atoms with van der Waals surface area (Å²) in [4.78, 5) is 31.9. The molecule has 0 radical (unpaired) electrons. The van der Waals surface area contributed by atoms with Crippen LogP contribution in [0.4, 0.5) is 5.69 Å². The van der Waals surface area contributed by atoms with Crippen LogP contribution in [0.3, 0.4) is 0 Å². The lowest BCUT2D eigenvalue weighted by Crippen LogP contribution is -2.49. The standard InChI is InChI=1S/C23H27N5O4/c29-22(25-16-4-5-20-21(13-16)32-12-11-31-20)15-6-9-28(10-7-15)23(30)19-14-18(26-27-19)17-3-1-2-8-24-17/h1-5,8,13,15,18-19,26-27H,6-7,9-12,14H2,(H,25,29). The summed E-state index contributed by atoms with van der Waals surface area (Å²) >= 11 is 0. The highest BCUT2D eigenvalue weighted by Gasteiger charge is 2.35. The van der Waals surface area contributed by atoms with Crippen LogP contribution in [0.15, 0.2) is 42.6 Å². The second-order valence-corrected chi connectivity index (χ2v) is 8.33. The number of nitrogens with one attached hydrogen (secondary N) is 3. The summed E-state index contributed by atoms with van der Waals surface area (Å²) in [5, 5.41) is 2.98. The fraction of sp³-hybridized carbons (Fsp3) is 0.435. The van der Waals surface area contributed by atoms with Crippen molar-refractivity contribution in [2.75, 3.05) is 31.6 Å². The Morgan fingerprint density at radius 1 is 1.03 bits per heavy atom. The van der Waals surface area contributed by atoms with Gasteiger partial charge in [-0.1, -0.05) is 6.07 Å². The quantitative estimate of drug-likeness (QED) is 0.668. The van der Waals surface area contributed by atoms with Gasteiger partial charge in [0.05, 0.1) is 11.7 Å². The van der Waals surface area contributed by atoms with Gasteiger partial charge < -0.3 is 19.7 Å². The third-order valence-electron chi connectivity index (χ3n) is 6.23. The number of rotatable bonds is 4. The van der Waals surface area contributed by atoms with Crippen LogP contribution in [0.5, 0.6) is 11.5 Å². The first kappa shape index (κ1) is 20.7. The van der Waals surface area contributed by atoms with Gasteiger partial charge in [0.25, 0.3) is 0 Å². The summed E-state index contributed by atoms with van der Waals surface area (Å²) in [5.74, 6) is 1.27.